The van der Waals surface area contributed by atoms with Gasteiger partial charge in [0.2, 0.25) is 0 Å². The third-order valence-corrected chi connectivity index (χ3v) is 3.75. The molecule has 2 nitrogen and oxygen atoms in total. The van der Waals surface area contributed by atoms with Crippen LogP contribution in [-0.2, 0) is 11.2 Å². The average Bonchev–Trinajstić information content (AvgIpc) is 2.74. The van der Waals surface area contributed by atoms with Crippen LogP contribution in [0.1, 0.15) is 24.8 Å². The van der Waals surface area contributed by atoms with Crippen molar-refractivity contribution in [1.29, 1.82) is 0 Å². The van der Waals surface area contributed by atoms with Crippen LogP contribution in [-0.4, -0.2) is 23.9 Å². The molecule has 3 heteroatoms. The van der Waals surface area contributed by atoms with Crippen LogP contribution in [0.2, 0.25) is 0 Å². The normalized spacial score (nSPS) is 22.2. The molecular weight excluding hydrogens is 268 g/mol. The van der Waals surface area contributed by atoms with Gasteiger partial charge in [-0.2, -0.15) is 0 Å². The fourth-order valence-electron chi connectivity index (χ4n) is 2.13. The maximum atomic E-state index is 9.99. The van der Waals surface area contributed by atoms with Crippen molar-refractivity contribution in [3.8, 4) is 0 Å². The molecule has 2 atom stereocenters. The Balaban J connectivity index is 1.86. The number of hydrogen-bond acceptors (Lipinski definition) is 2. The molecule has 1 fully saturated rings. The lowest BCUT2D eigenvalue weighted by molar-refractivity contribution is 0.0540. The summed E-state index contributed by atoms with van der Waals surface area (Å²) in [5.41, 5.74) is 1.16. The molecule has 2 rings (SSSR count). The summed E-state index contributed by atoms with van der Waals surface area (Å²) in [6.45, 7) is 0.854. The van der Waals surface area contributed by atoms with E-state index in [1.807, 2.05) is 24.3 Å². The van der Waals surface area contributed by atoms with Crippen molar-refractivity contribution in [3.05, 3.63) is 34.3 Å². The van der Waals surface area contributed by atoms with Gasteiger partial charge in [-0.3, -0.25) is 0 Å². The Bertz CT molecular complexity index is 334. The summed E-state index contributed by atoms with van der Waals surface area (Å²) in [6.07, 6.45) is 3.63. The van der Waals surface area contributed by atoms with Gasteiger partial charge in [-0.25, -0.2) is 0 Å². The van der Waals surface area contributed by atoms with Crippen LogP contribution in [0.3, 0.4) is 0 Å². The van der Waals surface area contributed by atoms with Crippen molar-refractivity contribution < 1.29 is 9.84 Å². The Hall–Kier alpha value is -0.380. The fraction of sp³-hybridized carbons (Fsp3) is 0.538. The van der Waals surface area contributed by atoms with E-state index in [-0.39, 0.29) is 12.2 Å². The van der Waals surface area contributed by atoms with E-state index in [2.05, 4.69) is 15.9 Å². The van der Waals surface area contributed by atoms with Crippen molar-refractivity contribution in [2.24, 2.45) is 0 Å². The van der Waals surface area contributed by atoms with Gasteiger partial charge in [-0.1, -0.05) is 34.1 Å². The molecule has 1 aromatic rings. The largest absolute Gasteiger partial charge is 0.393 e. The predicted molar refractivity (Wildman–Crippen MR) is 67.4 cm³/mol. The standard InChI is InChI=1S/C13H17BrO2/c14-13-6-2-1-4-10(13)8-11(15)9-12-5-3-7-16-12/h1-2,4,6,11-12,15H,3,5,7-9H2. The van der Waals surface area contributed by atoms with Crippen molar-refractivity contribution in [1.82, 2.24) is 0 Å². The van der Waals surface area contributed by atoms with E-state index in [0.717, 1.165) is 35.9 Å². The number of aliphatic hydroxyl groups is 1. The Morgan fingerprint density at radius 3 is 2.94 bits per heavy atom. The van der Waals surface area contributed by atoms with Crippen LogP contribution in [0.25, 0.3) is 0 Å². The minimum Gasteiger partial charge on any atom is -0.393 e. The highest BCUT2D eigenvalue weighted by atomic mass is 79.9. The Kier molecular flexibility index (Phi) is 4.38. The van der Waals surface area contributed by atoms with Crippen LogP contribution in [0, 0.1) is 0 Å². The fourth-order valence-corrected chi connectivity index (χ4v) is 2.58. The van der Waals surface area contributed by atoms with Gasteiger partial charge in [0.15, 0.2) is 0 Å². The Morgan fingerprint density at radius 2 is 2.25 bits per heavy atom. The van der Waals surface area contributed by atoms with Gasteiger partial charge < -0.3 is 9.84 Å². The van der Waals surface area contributed by atoms with Gasteiger partial charge in [0.25, 0.3) is 0 Å². The molecule has 1 saturated heterocycles. The molecule has 0 radical (unpaired) electrons. The highest BCUT2D eigenvalue weighted by Gasteiger charge is 2.19. The van der Waals surface area contributed by atoms with Crippen LogP contribution >= 0.6 is 15.9 Å². The second kappa shape index (κ2) is 5.80. The zero-order valence-electron chi connectivity index (χ0n) is 9.23. The summed E-state index contributed by atoms with van der Waals surface area (Å²) in [6, 6.07) is 8.04. The summed E-state index contributed by atoms with van der Waals surface area (Å²) in [5, 5.41) is 9.99. The molecule has 0 saturated carbocycles. The van der Waals surface area contributed by atoms with Gasteiger partial charge in [-0.15, -0.1) is 0 Å². The second-order valence-electron chi connectivity index (χ2n) is 4.32. The SMILES string of the molecule is OC(Cc1ccccc1Br)CC1CCCO1. The summed E-state index contributed by atoms with van der Waals surface area (Å²) in [5.74, 6) is 0. The predicted octanol–water partition coefficient (Wildman–Crippen LogP) is 2.92. The lowest BCUT2D eigenvalue weighted by Gasteiger charge is -2.15. The van der Waals surface area contributed by atoms with Crippen molar-refractivity contribution >= 4 is 15.9 Å². The van der Waals surface area contributed by atoms with E-state index in [1.54, 1.807) is 0 Å². The molecule has 1 aliphatic heterocycles. The van der Waals surface area contributed by atoms with Gasteiger partial charge in [0.1, 0.15) is 0 Å². The quantitative estimate of drug-likeness (QED) is 0.921. The number of halogens is 1. The first-order valence-corrected chi connectivity index (χ1v) is 6.58. The topological polar surface area (TPSA) is 29.5 Å². The summed E-state index contributed by atoms with van der Waals surface area (Å²) in [7, 11) is 0. The lowest BCUT2D eigenvalue weighted by Crippen LogP contribution is -2.19. The van der Waals surface area contributed by atoms with Gasteiger partial charge in [-0.05, 0) is 37.3 Å². The number of hydrogen-bond donors (Lipinski definition) is 1. The molecule has 0 aliphatic carbocycles. The molecule has 0 amide bonds. The van der Waals surface area contributed by atoms with Crippen LogP contribution in [0.4, 0.5) is 0 Å². The zero-order valence-corrected chi connectivity index (χ0v) is 10.8. The highest BCUT2D eigenvalue weighted by molar-refractivity contribution is 9.10. The first-order valence-electron chi connectivity index (χ1n) is 5.79. The van der Waals surface area contributed by atoms with Gasteiger partial charge >= 0.3 is 0 Å². The monoisotopic (exact) mass is 284 g/mol. The highest BCUT2D eigenvalue weighted by Crippen LogP contribution is 2.21. The average molecular weight is 285 g/mol. The van der Waals surface area contributed by atoms with Gasteiger partial charge in [0, 0.05) is 11.1 Å². The van der Waals surface area contributed by atoms with Crippen LogP contribution in [0.5, 0.6) is 0 Å². The molecule has 1 aromatic carbocycles. The first kappa shape index (κ1) is 12.1. The Labute approximate surface area is 105 Å². The minimum atomic E-state index is -0.304. The van der Waals surface area contributed by atoms with E-state index in [1.165, 1.54) is 0 Å². The smallest absolute Gasteiger partial charge is 0.0605 e. The van der Waals surface area contributed by atoms with Crippen molar-refractivity contribution in [2.45, 2.75) is 37.9 Å². The number of benzene rings is 1. The molecule has 0 bridgehead atoms. The third kappa shape index (κ3) is 3.30. The van der Waals surface area contributed by atoms with E-state index in [0.29, 0.717) is 6.42 Å². The molecule has 1 heterocycles. The molecule has 88 valence electrons. The van der Waals surface area contributed by atoms with Gasteiger partial charge in [0.05, 0.1) is 12.2 Å². The molecular formula is C13H17BrO2. The molecule has 16 heavy (non-hydrogen) atoms. The maximum Gasteiger partial charge on any atom is 0.0605 e. The summed E-state index contributed by atoms with van der Waals surface area (Å²) >= 11 is 3.50. The maximum absolute atomic E-state index is 9.99. The molecule has 0 aromatic heterocycles. The molecule has 0 spiro atoms. The second-order valence-corrected chi connectivity index (χ2v) is 5.17. The summed E-state index contributed by atoms with van der Waals surface area (Å²) in [4.78, 5) is 0. The Morgan fingerprint density at radius 1 is 1.44 bits per heavy atom. The number of aliphatic hydroxyl groups excluding tert-OH is 1. The number of rotatable bonds is 4. The van der Waals surface area contributed by atoms with E-state index in [9.17, 15) is 5.11 Å². The molecule has 1 N–H and O–H groups in total. The van der Waals surface area contributed by atoms with Crippen LogP contribution < -0.4 is 0 Å². The van der Waals surface area contributed by atoms with Crippen molar-refractivity contribution in [3.63, 3.8) is 0 Å². The minimum absolute atomic E-state index is 0.262. The first-order chi connectivity index (χ1) is 7.75. The van der Waals surface area contributed by atoms with Crippen molar-refractivity contribution in [2.75, 3.05) is 6.61 Å². The third-order valence-electron chi connectivity index (χ3n) is 2.97. The molecule has 1 aliphatic rings. The van der Waals surface area contributed by atoms with E-state index >= 15 is 0 Å². The number of ether oxygens (including phenoxy) is 1. The van der Waals surface area contributed by atoms with E-state index < -0.39 is 0 Å². The zero-order chi connectivity index (χ0) is 11.4. The molecule has 2 unspecified atom stereocenters. The van der Waals surface area contributed by atoms with Crippen LogP contribution in [0.15, 0.2) is 28.7 Å². The van der Waals surface area contributed by atoms with E-state index in [4.69, 9.17) is 4.74 Å². The summed E-state index contributed by atoms with van der Waals surface area (Å²) < 4.78 is 6.59. The lowest BCUT2D eigenvalue weighted by atomic mass is 10.0.